The van der Waals surface area contributed by atoms with Gasteiger partial charge in [-0.25, -0.2) is 4.79 Å². The molecule has 1 aromatic heterocycles. The van der Waals surface area contributed by atoms with Gasteiger partial charge >= 0.3 is 5.69 Å². The molecule has 1 saturated heterocycles. The molecular weight excluding hydrogens is 170 g/mol. The van der Waals surface area contributed by atoms with E-state index in [1.54, 1.807) is 0 Å². The first kappa shape index (κ1) is 8.25. The lowest BCUT2D eigenvalue weighted by molar-refractivity contribution is 0.171. The lowest BCUT2D eigenvalue weighted by Crippen LogP contribution is -2.38. The average Bonchev–Trinajstić information content (AvgIpc) is 1.99. The highest BCUT2D eigenvalue weighted by molar-refractivity contribution is 5.03. The Balaban J connectivity index is 2.20. The van der Waals surface area contributed by atoms with Crippen molar-refractivity contribution in [2.75, 3.05) is 13.1 Å². The Morgan fingerprint density at radius 2 is 2.15 bits per heavy atom. The molecule has 0 bridgehead atoms. The number of nitrogens with zero attached hydrogens (tertiary/aromatic N) is 1. The molecule has 0 amide bonds. The third-order valence-corrected chi connectivity index (χ3v) is 2.24. The second-order valence-electron chi connectivity index (χ2n) is 3.23. The van der Waals surface area contributed by atoms with Gasteiger partial charge < -0.3 is 4.98 Å². The van der Waals surface area contributed by atoms with Gasteiger partial charge in [0.05, 0.1) is 0 Å². The van der Waals surface area contributed by atoms with Crippen molar-refractivity contribution in [2.45, 2.75) is 13.0 Å². The summed E-state index contributed by atoms with van der Waals surface area (Å²) in [6, 6.07) is 0. The molecule has 0 atom stereocenters. The largest absolute Gasteiger partial charge is 0.325 e. The molecule has 5 heteroatoms. The van der Waals surface area contributed by atoms with Crippen LogP contribution in [0, 0.1) is 0 Å². The molecule has 2 heterocycles. The van der Waals surface area contributed by atoms with Crippen LogP contribution in [0.2, 0.25) is 0 Å². The fraction of sp³-hybridized carbons (Fsp3) is 0.500. The number of aromatic nitrogens is 2. The van der Waals surface area contributed by atoms with E-state index in [4.69, 9.17) is 0 Å². The molecule has 2 N–H and O–H groups in total. The first-order valence-corrected chi connectivity index (χ1v) is 4.29. The molecule has 0 saturated carbocycles. The maximum absolute atomic E-state index is 11.2. The van der Waals surface area contributed by atoms with Crippen LogP contribution >= 0.6 is 0 Å². The van der Waals surface area contributed by atoms with Crippen LogP contribution in [0.4, 0.5) is 0 Å². The van der Waals surface area contributed by atoms with E-state index in [2.05, 4.69) is 14.9 Å². The van der Waals surface area contributed by atoms with E-state index >= 15 is 0 Å². The fourth-order valence-electron chi connectivity index (χ4n) is 1.34. The van der Waals surface area contributed by atoms with Gasteiger partial charge in [0.15, 0.2) is 0 Å². The van der Waals surface area contributed by atoms with E-state index in [9.17, 15) is 9.59 Å². The summed E-state index contributed by atoms with van der Waals surface area (Å²) < 4.78 is 0. The lowest BCUT2D eigenvalue weighted by Gasteiger charge is -2.30. The van der Waals surface area contributed by atoms with Crippen LogP contribution < -0.4 is 11.2 Å². The zero-order valence-corrected chi connectivity index (χ0v) is 7.17. The summed E-state index contributed by atoms with van der Waals surface area (Å²) >= 11 is 0. The quantitative estimate of drug-likeness (QED) is 0.632. The van der Waals surface area contributed by atoms with E-state index in [0.717, 1.165) is 13.1 Å². The minimum absolute atomic E-state index is 0.282. The molecule has 0 aliphatic carbocycles. The number of hydrogen-bond acceptors (Lipinski definition) is 3. The summed E-state index contributed by atoms with van der Waals surface area (Å²) in [6.45, 7) is 2.71. The highest BCUT2D eigenvalue weighted by Gasteiger charge is 2.15. The van der Waals surface area contributed by atoms with Gasteiger partial charge in [-0.1, -0.05) is 0 Å². The molecule has 1 aromatic rings. The average molecular weight is 181 g/mol. The Bertz CT molecular complexity index is 402. The highest BCUT2D eigenvalue weighted by atomic mass is 16.2. The van der Waals surface area contributed by atoms with Crippen molar-refractivity contribution in [3.63, 3.8) is 0 Å². The summed E-state index contributed by atoms with van der Waals surface area (Å²) in [7, 11) is 0. The highest BCUT2D eigenvalue weighted by Crippen LogP contribution is 2.08. The van der Waals surface area contributed by atoms with Crippen molar-refractivity contribution in [2.24, 2.45) is 0 Å². The Kier molecular flexibility index (Phi) is 2.02. The first-order valence-electron chi connectivity index (χ1n) is 4.29. The third-order valence-electron chi connectivity index (χ3n) is 2.24. The number of hydrogen-bond donors (Lipinski definition) is 2. The van der Waals surface area contributed by atoms with Crippen molar-refractivity contribution >= 4 is 0 Å². The van der Waals surface area contributed by atoms with E-state index in [1.165, 1.54) is 12.6 Å². The number of H-pyrrole nitrogens is 2. The maximum atomic E-state index is 11.2. The van der Waals surface area contributed by atoms with Crippen molar-refractivity contribution in [1.82, 2.24) is 14.9 Å². The van der Waals surface area contributed by atoms with Crippen LogP contribution in [0.3, 0.4) is 0 Å². The van der Waals surface area contributed by atoms with Gasteiger partial charge in [0.25, 0.3) is 5.56 Å². The van der Waals surface area contributed by atoms with E-state index in [0.29, 0.717) is 12.1 Å². The monoisotopic (exact) mass is 181 g/mol. The zero-order valence-electron chi connectivity index (χ0n) is 7.17. The number of rotatable bonds is 2. The summed E-state index contributed by atoms with van der Waals surface area (Å²) in [4.78, 5) is 28.7. The molecular formula is C8H11N3O2. The van der Waals surface area contributed by atoms with Crippen LogP contribution in [0.25, 0.3) is 0 Å². The van der Waals surface area contributed by atoms with Crippen molar-refractivity contribution in [1.29, 1.82) is 0 Å². The van der Waals surface area contributed by atoms with E-state index in [-0.39, 0.29) is 5.56 Å². The third kappa shape index (κ3) is 1.70. The summed E-state index contributed by atoms with van der Waals surface area (Å²) in [5.41, 5.74) is -0.104. The standard InChI is InChI=1S/C8H11N3O2/c12-7-6(4-9-8(13)10-7)5-11-2-1-3-11/h4H,1-3,5H2,(H2,9,10,12,13). The molecule has 0 aromatic carbocycles. The minimum Gasteiger partial charge on any atom is -0.314 e. The lowest BCUT2D eigenvalue weighted by atomic mass is 10.2. The predicted octanol–water partition coefficient (Wildman–Crippen LogP) is -0.731. The SMILES string of the molecule is O=c1[nH]cc(CN2CCC2)c(=O)[nH]1. The van der Waals surface area contributed by atoms with Gasteiger partial charge in [-0.05, 0) is 19.5 Å². The predicted molar refractivity (Wildman–Crippen MR) is 47.6 cm³/mol. The van der Waals surface area contributed by atoms with E-state index in [1.807, 2.05) is 0 Å². The van der Waals surface area contributed by atoms with Crippen molar-refractivity contribution in [3.8, 4) is 0 Å². The molecule has 13 heavy (non-hydrogen) atoms. The number of nitrogens with one attached hydrogen (secondary N) is 2. The Morgan fingerprint density at radius 3 is 2.69 bits per heavy atom. The van der Waals surface area contributed by atoms with Gasteiger partial charge in [-0.15, -0.1) is 0 Å². The minimum atomic E-state index is -0.447. The molecule has 5 nitrogen and oxygen atoms in total. The summed E-state index contributed by atoms with van der Waals surface area (Å²) in [6.07, 6.45) is 2.68. The van der Waals surface area contributed by atoms with Gasteiger partial charge in [0, 0.05) is 18.3 Å². The van der Waals surface area contributed by atoms with Crippen LogP contribution in [0.5, 0.6) is 0 Å². The molecule has 0 radical (unpaired) electrons. The molecule has 70 valence electrons. The van der Waals surface area contributed by atoms with Crippen molar-refractivity contribution < 1.29 is 0 Å². The molecule has 2 rings (SSSR count). The van der Waals surface area contributed by atoms with Gasteiger partial charge in [-0.3, -0.25) is 14.7 Å². The molecule has 0 unspecified atom stereocenters. The zero-order chi connectivity index (χ0) is 9.26. The molecule has 0 spiro atoms. The first-order chi connectivity index (χ1) is 6.25. The van der Waals surface area contributed by atoms with Crippen LogP contribution in [-0.2, 0) is 6.54 Å². The Morgan fingerprint density at radius 1 is 1.38 bits per heavy atom. The van der Waals surface area contributed by atoms with Crippen LogP contribution in [0.15, 0.2) is 15.8 Å². The molecule has 1 fully saturated rings. The van der Waals surface area contributed by atoms with Gasteiger partial charge in [-0.2, -0.15) is 0 Å². The second kappa shape index (κ2) is 3.18. The van der Waals surface area contributed by atoms with Crippen LogP contribution in [-0.4, -0.2) is 28.0 Å². The topological polar surface area (TPSA) is 69.0 Å². The van der Waals surface area contributed by atoms with Crippen LogP contribution in [0.1, 0.15) is 12.0 Å². The Labute approximate surface area is 74.4 Å². The maximum Gasteiger partial charge on any atom is 0.325 e. The van der Waals surface area contributed by atoms with Gasteiger partial charge in [0.1, 0.15) is 0 Å². The molecule has 1 aliphatic rings. The second-order valence-corrected chi connectivity index (χ2v) is 3.23. The molecule has 1 aliphatic heterocycles. The summed E-state index contributed by atoms with van der Waals surface area (Å²) in [5, 5.41) is 0. The smallest absolute Gasteiger partial charge is 0.314 e. The normalized spacial score (nSPS) is 16.9. The van der Waals surface area contributed by atoms with Gasteiger partial charge in [0.2, 0.25) is 0 Å². The fourth-order valence-corrected chi connectivity index (χ4v) is 1.34. The Hall–Kier alpha value is -1.36. The number of likely N-dealkylation sites (tertiary alicyclic amines) is 1. The van der Waals surface area contributed by atoms with E-state index < -0.39 is 5.69 Å². The summed E-state index contributed by atoms with van der Waals surface area (Å²) in [5.74, 6) is 0. The van der Waals surface area contributed by atoms with Crippen molar-refractivity contribution in [3.05, 3.63) is 32.6 Å². The number of aromatic amines is 2.